The molecule has 0 aliphatic heterocycles. The quantitative estimate of drug-likeness (QED) is 0.166. The molecule has 1 heterocycles. The normalized spacial score (nSPS) is 12.1. The summed E-state index contributed by atoms with van der Waals surface area (Å²) < 4.78 is 50.6. The zero-order valence-electron chi connectivity index (χ0n) is 19.7. The molecule has 0 atom stereocenters. The zero-order chi connectivity index (χ0) is 26.7. The summed E-state index contributed by atoms with van der Waals surface area (Å²) in [6.45, 7) is 0. The van der Waals surface area contributed by atoms with Crippen molar-refractivity contribution in [3.8, 4) is 22.4 Å². The lowest BCUT2D eigenvalue weighted by atomic mass is 9.92. The van der Waals surface area contributed by atoms with Gasteiger partial charge < -0.3 is 14.6 Å². The van der Waals surface area contributed by atoms with Crippen LogP contribution in [-0.4, -0.2) is 31.3 Å². The van der Waals surface area contributed by atoms with Crippen LogP contribution in [0, 0.1) is 0 Å². The number of aliphatic hydroxyl groups excluding tert-OH is 1. The Labute approximate surface area is 209 Å². The maximum absolute atomic E-state index is 13.3. The summed E-state index contributed by atoms with van der Waals surface area (Å²) in [6.07, 6.45) is -2.98. The molecule has 0 radical (unpaired) electrons. The van der Waals surface area contributed by atoms with Crippen LogP contribution in [0.2, 0.25) is 0 Å². The van der Waals surface area contributed by atoms with Crippen molar-refractivity contribution in [1.29, 1.82) is 0 Å². The third kappa shape index (κ3) is 4.88. The molecular weight excluding hydrogens is 487 g/mol. The number of aromatic nitrogens is 1. The number of hydrogen-bond donors (Lipinski definition) is 1. The molecule has 0 unspecified atom stereocenters. The number of esters is 2. The maximum Gasteiger partial charge on any atom is 0.416 e. The Morgan fingerprint density at radius 1 is 0.784 bits per heavy atom. The Morgan fingerprint density at radius 2 is 1.38 bits per heavy atom. The molecule has 0 aliphatic carbocycles. The van der Waals surface area contributed by atoms with Crippen LogP contribution in [0.3, 0.4) is 0 Å². The highest BCUT2D eigenvalue weighted by molar-refractivity contribution is 6.14. The smallest absolute Gasteiger partial charge is 0.416 e. The first-order valence-corrected chi connectivity index (χ1v) is 11.0. The van der Waals surface area contributed by atoms with Gasteiger partial charge >= 0.3 is 23.8 Å². The highest BCUT2D eigenvalue weighted by Crippen LogP contribution is 2.38. The standard InChI is InChI=1S/C28H20F3NO5/c1-36-26(34)24(25(33)27(35)37-2)32-16-19-10-6-7-11-21(19)22(23(32)18-8-4-3-5-9-18)17-12-14-20(15-13-17)28(29,30)31/h3-16H,1-2H3/p+1. The van der Waals surface area contributed by atoms with Crippen molar-refractivity contribution < 1.29 is 41.9 Å². The van der Waals surface area contributed by atoms with Gasteiger partial charge in [-0.2, -0.15) is 13.2 Å². The van der Waals surface area contributed by atoms with Crippen LogP contribution in [-0.2, 0) is 25.2 Å². The molecule has 0 spiro atoms. The van der Waals surface area contributed by atoms with E-state index in [1.807, 2.05) is 0 Å². The number of fused-ring (bicyclic) bond motifs is 1. The van der Waals surface area contributed by atoms with Crippen LogP contribution in [0.1, 0.15) is 5.56 Å². The van der Waals surface area contributed by atoms with Crippen molar-refractivity contribution in [3.05, 3.63) is 96.4 Å². The summed E-state index contributed by atoms with van der Waals surface area (Å²) in [5.41, 5.74) is 0.435. The number of rotatable bonds is 5. The summed E-state index contributed by atoms with van der Waals surface area (Å²) in [6, 6.07) is 20.4. The van der Waals surface area contributed by atoms with E-state index in [2.05, 4.69) is 4.74 Å². The summed E-state index contributed by atoms with van der Waals surface area (Å²) in [4.78, 5) is 25.2. The maximum atomic E-state index is 13.3. The minimum atomic E-state index is -4.52. The Hall–Kier alpha value is -4.66. The SMILES string of the molecule is COC(=O)/C(O)=C(\C(=O)OC)[n+]1cc2ccccc2c(-c2ccc(C(F)(F)F)cc2)c1-c1ccccc1. The second-order valence-corrected chi connectivity index (χ2v) is 7.93. The van der Waals surface area contributed by atoms with Crippen molar-refractivity contribution in [2.45, 2.75) is 6.18 Å². The van der Waals surface area contributed by atoms with Gasteiger partial charge in [0, 0.05) is 16.3 Å². The largest absolute Gasteiger partial charge is 0.497 e. The number of methoxy groups -OCH3 is 2. The highest BCUT2D eigenvalue weighted by Gasteiger charge is 2.37. The first-order valence-electron chi connectivity index (χ1n) is 11.0. The number of benzene rings is 3. The van der Waals surface area contributed by atoms with E-state index < -0.39 is 35.1 Å². The number of alkyl halides is 3. The molecule has 0 amide bonds. The fourth-order valence-corrected chi connectivity index (χ4v) is 4.06. The van der Waals surface area contributed by atoms with Crippen molar-refractivity contribution in [3.63, 3.8) is 0 Å². The van der Waals surface area contributed by atoms with Gasteiger partial charge in [-0.25, -0.2) is 9.59 Å². The predicted molar refractivity (Wildman–Crippen MR) is 130 cm³/mol. The average Bonchev–Trinajstić information content (AvgIpc) is 2.91. The fourth-order valence-electron chi connectivity index (χ4n) is 4.06. The monoisotopic (exact) mass is 508 g/mol. The van der Waals surface area contributed by atoms with Crippen LogP contribution in [0.5, 0.6) is 0 Å². The molecule has 3 aromatic carbocycles. The molecule has 4 rings (SSSR count). The van der Waals surface area contributed by atoms with Gasteiger partial charge in [0.2, 0.25) is 5.69 Å². The van der Waals surface area contributed by atoms with Gasteiger partial charge in [-0.15, -0.1) is 4.57 Å². The summed E-state index contributed by atoms with van der Waals surface area (Å²) in [5.74, 6) is -3.19. The van der Waals surface area contributed by atoms with Crippen LogP contribution in [0.25, 0.3) is 38.9 Å². The number of pyridine rings is 1. The van der Waals surface area contributed by atoms with Crippen molar-refractivity contribution in [1.82, 2.24) is 0 Å². The Balaban J connectivity index is 2.19. The number of aliphatic hydroxyl groups is 1. The van der Waals surface area contributed by atoms with Crippen LogP contribution < -0.4 is 4.57 Å². The molecule has 0 bridgehead atoms. The fraction of sp³-hybridized carbons (Fsp3) is 0.107. The molecule has 188 valence electrons. The summed E-state index contributed by atoms with van der Waals surface area (Å²) in [7, 11) is 2.14. The number of ether oxygens (including phenoxy) is 2. The van der Waals surface area contributed by atoms with E-state index in [0.29, 0.717) is 33.2 Å². The van der Waals surface area contributed by atoms with E-state index in [1.54, 1.807) is 54.6 Å². The van der Waals surface area contributed by atoms with Gasteiger partial charge in [-0.3, -0.25) is 0 Å². The molecule has 0 saturated carbocycles. The van der Waals surface area contributed by atoms with Crippen LogP contribution in [0.4, 0.5) is 13.2 Å². The van der Waals surface area contributed by atoms with Crippen molar-refractivity contribution in [2.75, 3.05) is 14.2 Å². The number of halogens is 3. The zero-order valence-corrected chi connectivity index (χ0v) is 19.7. The summed E-state index contributed by atoms with van der Waals surface area (Å²) >= 11 is 0. The first kappa shape index (κ1) is 25.4. The lowest BCUT2D eigenvalue weighted by molar-refractivity contribution is -0.565. The average molecular weight is 508 g/mol. The molecule has 6 nitrogen and oxygen atoms in total. The van der Waals surface area contributed by atoms with Crippen molar-refractivity contribution in [2.24, 2.45) is 0 Å². The predicted octanol–water partition coefficient (Wildman–Crippen LogP) is 5.55. The second kappa shape index (κ2) is 10.1. The lowest BCUT2D eigenvalue weighted by Crippen LogP contribution is -2.41. The van der Waals surface area contributed by atoms with E-state index in [4.69, 9.17) is 4.74 Å². The number of hydrogen-bond acceptors (Lipinski definition) is 5. The van der Waals surface area contributed by atoms with E-state index in [-0.39, 0.29) is 0 Å². The van der Waals surface area contributed by atoms with Gasteiger partial charge in [-0.05, 0) is 35.9 Å². The Kier molecular flexibility index (Phi) is 6.97. The molecule has 1 aromatic heterocycles. The number of carbonyl (C=O) groups excluding carboxylic acids is 2. The topological polar surface area (TPSA) is 76.7 Å². The van der Waals surface area contributed by atoms with E-state index in [0.717, 1.165) is 26.4 Å². The van der Waals surface area contributed by atoms with Gasteiger partial charge in [0.25, 0.3) is 5.76 Å². The lowest BCUT2D eigenvalue weighted by Gasteiger charge is -2.15. The molecule has 0 fully saturated rings. The molecule has 9 heteroatoms. The number of nitrogens with zero attached hydrogens (tertiary/aromatic N) is 1. The molecule has 4 aromatic rings. The Morgan fingerprint density at radius 3 is 1.97 bits per heavy atom. The number of carbonyl (C=O) groups is 2. The van der Waals surface area contributed by atoms with Gasteiger partial charge in [-0.1, -0.05) is 48.5 Å². The van der Waals surface area contributed by atoms with E-state index in [9.17, 15) is 27.9 Å². The molecule has 0 aliphatic rings. The van der Waals surface area contributed by atoms with Crippen molar-refractivity contribution >= 4 is 28.4 Å². The molecule has 37 heavy (non-hydrogen) atoms. The van der Waals surface area contributed by atoms with E-state index >= 15 is 0 Å². The van der Waals surface area contributed by atoms with Crippen LogP contribution >= 0.6 is 0 Å². The van der Waals surface area contributed by atoms with Gasteiger partial charge in [0.15, 0.2) is 6.20 Å². The first-order chi connectivity index (χ1) is 17.7. The third-order valence-electron chi connectivity index (χ3n) is 5.75. The van der Waals surface area contributed by atoms with Gasteiger partial charge in [0.1, 0.15) is 0 Å². The molecule has 1 N–H and O–H groups in total. The third-order valence-corrected chi connectivity index (χ3v) is 5.75. The minimum Gasteiger partial charge on any atom is -0.497 e. The molecule has 0 saturated heterocycles. The summed E-state index contributed by atoms with van der Waals surface area (Å²) in [5, 5.41) is 12.0. The van der Waals surface area contributed by atoms with Crippen LogP contribution in [0.15, 0.2) is 90.8 Å². The van der Waals surface area contributed by atoms with E-state index in [1.165, 1.54) is 22.9 Å². The second-order valence-electron chi connectivity index (χ2n) is 7.93. The molecular formula is C28H21F3NO5+. The Bertz CT molecular complexity index is 1510. The van der Waals surface area contributed by atoms with Gasteiger partial charge in [0.05, 0.1) is 25.3 Å². The minimum absolute atomic E-state index is 0.329. The highest BCUT2D eigenvalue weighted by atomic mass is 19.4.